The van der Waals surface area contributed by atoms with Crippen LogP contribution in [-0.4, -0.2) is 0 Å². The zero-order valence-electron chi connectivity index (χ0n) is 9.35. The number of nitrogens with one attached hydrogen (secondary N) is 1. The highest BCUT2D eigenvalue weighted by Gasteiger charge is 2.11. The van der Waals surface area contributed by atoms with E-state index in [0.717, 1.165) is 0 Å². The monoisotopic (exact) mass is 386 g/mol. The van der Waals surface area contributed by atoms with E-state index in [9.17, 15) is 8.78 Å². The summed E-state index contributed by atoms with van der Waals surface area (Å²) in [6, 6.07) is 9.08. The van der Waals surface area contributed by atoms with Crippen LogP contribution in [0.1, 0.15) is 5.56 Å². The van der Waals surface area contributed by atoms with Crippen LogP contribution in [-0.2, 0) is 0 Å². The van der Waals surface area contributed by atoms with Gasteiger partial charge >= 0.3 is 0 Å². The maximum atomic E-state index is 14.0. The molecule has 6 heteroatoms. The Morgan fingerprint density at radius 2 is 1.84 bits per heavy atom. The van der Waals surface area contributed by atoms with Gasteiger partial charge in [-0.25, -0.2) is 8.78 Å². The Kier molecular flexibility index (Phi) is 4.17. The third kappa shape index (κ3) is 2.94. The summed E-state index contributed by atoms with van der Waals surface area (Å²) in [6.45, 7) is 0. The number of halogens is 4. The maximum Gasteiger partial charge on any atom is 0.162 e. The smallest absolute Gasteiger partial charge is 0.162 e. The molecule has 2 rings (SSSR count). The van der Waals surface area contributed by atoms with E-state index < -0.39 is 11.6 Å². The van der Waals surface area contributed by atoms with Gasteiger partial charge in [-0.3, -0.25) is 0 Å². The lowest BCUT2D eigenvalue weighted by Crippen LogP contribution is -1.96. The van der Waals surface area contributed by atoms with Crippen molar-refractivity contribution in [2.45, 2.75) is 0 Å². The Labute approximate surface area is 125 Å². The Morgan fingerprint density at radius 1 is 1.11 bits per heavy atom. The van der Waals surface area contributed by atoms with E-state index in [2.05, 4.69) is 37.2 Å². The SMILES string of the molecule is N#Cc1ccc(Nc2ccc(F)c(Br)c2)c(F)c1Br. The van der Waals surface area contributed by atoms with Gasteiger partial charge in [-0.2, -0.15) is 5.26 Å². The van der Waals surface area contributed by atoms with Gasteiger partial charge in [0, 0.05) is 5.69 Å². The van der Waals surface area contributed by atoms with Gasteiger partial charge in [0.1, 0.15) is 11.9 Å². The van der Waals surface area contributed by atoms with Gasteiger partial charge in [0.05, 0.1) is 20.2 Å². The van der Waals surface area contributed by atoms with Crippen LogP contribution in [0, 0.1) is 23.0 Å². The molecule has 0 unspecified atom stereocenters. The van der Waals surface area contributed by atoms with Crippen LogP contribution in [0.3, 0.4) is 0 Å². The lowest BCUT2D eigenvalue weighted by Gasteiger charge is -2.10. The van der Waals surface area contributed by atoms with Crippen LogP contribution in [0.4, 0.5) is 20.2 Å². The number of nitrogens with zero attached hydrogens (tertiary/aromatic N) is 1. The van der Waals surface area contributed by atoms with E-state index in [1.165, 1.54) is 30.3 Å². The molecule has 0 amide bonds. The Bertz CT molecular complexity index is 681. The summed E-state index contributed by atoms with van der Waals surface area (Å²) in [5.74, 6) is -0.966. The van der Waals surface area contributed by atoms with Gasteiger partial charge in [-0.1, -0.05) is 0 Å². The molecule has 0 saturated carbocycles. The zero-order chi connectivity index (χ0) is 14.0. The molecule has 0 atom stereocenters. The minimum absolute atomic E-state index is 0.0983. The van der Waals surface area contributed by atoms with Crippen molar-refractivity contribution >= 4 is 43.2 Å². The number of hydrogen-bond donors (Lipinski definition) is 1. The van der Waals surface area contributed by atoms with Crippen molar-refractivity contribution in [1.82, 2.24) is 0 Å². The molecule has 0 spiro atoms. The number of nitriles is 1. The van der Waals surface area contributed by atoms with E-state index in [-0.39, 0.29) is 20.2 Å². The van der Waals surface area contributed by atoms with E-state index in [1.54, 1.807) is 0 Å². The normalized spacial score (nSPS) is 10.1. The maximum absolute atomic E-state index is 14.0. The van der Waals surface area contributed by atoms with Gasteiger partial charge < -0.3 is 5.32 Å². The second-order valence-electron chi connectivity index (χ2n) is 3.65. The third-order valence-corrected chi connectivity index (χ3v) is 3.78. The second kappa shape index (κ2) is 5.68. The van der Waals surface area contributed by atoms with E-state index in [1.807, 2.05) is 6.07 Å². The first-order chi connectivity index (χ1) is 9.02. The van der Waals surface area contributed by atoms with E-state index >= 15 is 0 Å². The molecule has 0 saturated heterocycles. The van der Waals surface area contributed by atoms with E-state index in [0.29, 0.717) is 5.69 Å². The van der Waals surface area contributed by atoms with Crippen LogP contribution in [0.5, 0.6) is 0 Å². The van der Waals surface area contributed by atoms with Crippen LogP contribution in [0.15, 0.2) is 39.3 Å². The lowest BCUT2D eigenvalue weighted by molar-refractivity contribution is 0.621. The summed E-state index contributed by atoms with van der Waals surface area (Å²) in [5.41, 5.74) is 0.941. The van der Waals surface area contributed by atoms with Gasteiger partial charge in [0.2, 0.25) is 0 Å². The molecular formula is C13H6Br2F2N2. The van der Waals surface area contributed by atoms with Gasteiger partial charge in [0.15, 0.2) is 5.82 Å². The molecular weight excluding hydrogens is 382 g/mol. The van der Waals surface area contributed by atoms with Crippen molar-refractivity contribution in [2.24, 2.45) is 0 Å². The minimum Gasteiger partial charge on any atom is -0.353 e. The zero-order valence-corrected chi connectivity index (χ0v) is 12.5. The van der Waals surface area contributed by atoms with Crippen LogP contribution in [0.25, 0.3) is 0 Å². The highest BCUT2D eigenvalue weighted by Crippen LogP contribution is 2.30. The van der Waals surface area contributed by atoms with Crippen molar-refractivity contribution in [3.8, 4) is 6.07 Å². The van der Waals surface area contributed by atoms with Gasteiger partial charge in [-0.15, -0.1) is 0 Å². The molecule has 2 nitrogen and oxygen atoms in total. The van der Waals surface area contributed by atoms with E-state index in [4.69, 9.17) is 5.26 Å². The molecule has 0 aliphatic heterocycles. The molecule has 0 fully saturated rings. The first-order valence-corrected chi connectivity index (χ1v) is 6.71. The summed E-state index contributed by atoms with van der Waals surface area (Å²) in [4.78, 5) is 0. The van der Waals surface area contributed by atoms with Crippen LogP contribution < -0.4 is 5.32 Å². The molecule has 0 aliphatic rings. The molecule has 19 heavy (non-hydrogen) atoms. The predicted octanol–water partition coefficient (Wildman–Crippen LogP) is 5.11. The number of benzene rings is 2. The second-order valence-corrected chi connectivity index (χ2v) is 5.30. The molecule has 1 N–H and O–H groups in total. The quantitative estimate of drug-likeness (QED) is 0.777. The van der Waals surface area contributed by atoms with Crippen molar-refractivity contribution in [3.05, 3.63) is 56.5 Å². The highest BCUT2D eigenvalue weighted by molar-refractivity contribution is 9.10. The van der Waals surface area contributed by atoms with Crippen LogP contribution in [0.2, 0.25) is 0 Å². The molecule has 0 radical (unpaired) electrons. The average Bonchev–Trinajstić information content (AvgIpc) is 2.40. The standard InChI is InChI=1S/C13H6Br2F2N2/c14-9-5-8(2-3-10(9)16)19-11-4-1-7(6-18)12(15)13(11)17/h1-5,19H. The lowest BCUT2D eigenvalue weighted by atomic mass is 10.2. The molecule has 0 aromatic heterocycles. The minimum atomic E-state index is -0.570. The Hall–Kier alpha value is -1.45. The van der Waals surface area contributed by atoms with Crippen molar-refractivity contribution in [3.63, 3.8) is 0 Å². The van der Waals surface area contributed by atoms with Crippen LogP contribution >= 0.6 is 31.9 Å². The summed E-state index contributed by atoms with van der Waals surface area (Å²) in [6.07, 6.45) is 0. The summed E-state index contributed by atoms with van der Waals surface area (Å²) < 4.78 is 27.4. The summed E-state index contributed by atoms with van der Waals surface area (Å²) in [5, 5.41) is 11.6. The first-order valence-electron chi connectivity index (χ1n) is 5.13. The molecule has 96 valence electrons. The highest BCUT2D eigenvalue weighted by atomic mass is 79.9. The fourth-order valence-electron chi connectivity index (χ4n) is 1.46. The predicted molar refractivity (Wildman–Crippen MR) is 76.2 cm³/mol. The largest absolute Gasteiger partial charge is 0.353 e. The summed E-state index contributed by atoms with van der Waals surface area (Å²) >= 11 is 6.08. The first kappa shape index (κ1) is 14.0. The van der Waals surface area contributed by atoms with Crippen molar-refractivity contribution in [1.29, 1.82) is 5.26 Å². The average molecular weight is 388 g/mol. The van der Waals surface area contributed by atoms with Gasteiger partial charge in [-0.05, 0) is 62.2 Å². The molecule has 2 aromatic rings. The molecule has 0 aliphatic carbocycles. The number of anilines is 2. The fourth-order valence-corrected chi connectivity index (χ4v) is 2.27. The topological polar surface area (TPSA) is 35.8 Å². The van der Waals surface area contributed by atoms with Crippen molar-refractivity contribution < 1.29 is 8.78 Å². The fraction of sp³-hybridized carbons (Fsp3) is 0. The van der Waals surface area contributed by atoms with Gasteiger partial charge in [0.25, 0.3) is 0 Å². The molecule has 0 bridgehead atoms. The molecule has 2 aromatic carbocycles. The Morgan fingerprint density at radius 3 is 2.47 bits per heavy atom. The number of hydrogen-bond acceptors (Lipinski definition) is 2. The molecule has 0 heterocycles. The summed E-state index contributed by atoms with van der Waals surface area (Å²) in [7, 11) is 0. The number of rotatable bonds is 2. The Balaban J connectivity index is 2.36. The third-order valence-electron chi connectivity index (χ3n) is 2.40. The van der Waals surface area contributed by atoms with Crippen molar-refractivity contribution in [2.75, 3.05) is 5.32 Å².